The summed E-state index contributed by atoms with van der Waals surface area (Å²) in [4.78, 5) is 41.3. The summed E-state index contributed by atoms with van der Waals surface area (Å²) in [5, 5.41) is 20.2. The number of nitrogen functional groups attached to an aromatic ring is 1. The number of aromatic nitrogens is 4. The van der Waals surface area contributed by atoms with E-state index < -0.39 is 52.8 Å². The lowest BCUT2D eigenvalue weighted by Gasteiger charge is -2.16. The van der Waals surface area contributed by atoms with Crippen LogP contribution in [0.15, 0.2) is 11.1 Å². The first kappa shape index (κ1) is 19.9. The Morgan fingerprint density at radius 2 is 2.19 bits per heavy atom. The van der Waals surface area contributed by atoms with Gasteiger partial charge in [0, 0.05) is 0 Å². The number of aliphatic hydroxyl groups excluding tert-OH is 2. The summed E-state index contributed by atoms with van der Waals surface area (Å²) >= 11 is 0. The monoisotopic (exact) mass is 425 g/mol. The van der Waals surface area contributed by atoms with Crippen molar-refractivity contribution < 1.29 is 42.7 Å². The van der Waals surface area contributed by atoms with Crippen molar-refractivity contribution in [1.82, 2.24) is 19.5 Å². The van der Waals surface area contributed by atoms with E-state index in [-0.39, 0.29) is 17.1 Å². The zero-order chi connectivity index (χ0) is 19.9. The SMILES string of the molecule is Nc1nc2c(ncn2C2OC(COP(=O)(O)O[P+](=O)[O-])C(O)[C@@H]2O)c(=O)[nH]1. The van der Waals surface area contributed by atoms with Gasteiger partial charge >= 0.3 is 16.1 Å². The maximum absolute atomic E-state index is 11.8. The first-order chi connectivity index (χ1) is 12.6. The molecule has 0 radical (unpaired) electrons. The minimum Gasteiger partial charge on any atom is -0.566 e. The highest BCUT2D eigenvalue weighted by Gasteiger charge is 2.46. The minimum absolute atomic E-state index is 0.0337. The molecule has 2 aromatic rings. The van der Waals surface area contributed by atoms with Gasteiger partial charge in [-0.05, 0) is 8.88 Å². The number of hydrogen-bond donors (Lipinski definition) is 5. The number of fused-ring (bicyclic) bond motifs is 1. The van der Waals surface area contributed by atoms with E-state index in [0.29, 0.717) is 0 Å². The number of anilines is 1. The fourth-order valence-electron chi connectivity index (χ4n) is 2.50. The second kappa shape index (κ2) is 7.31. The van der Waals surface area contributed by atoms with Crippen molar-refractivity contribution in [2.24, 2.45) is 0 Å². The normalized spacial score (nSPS) is 28.4. The number of phosphoric ester groups is 1. The fraction of sp³-hybridized carbons (Fsp3) is 0.500. The largest absolute Gasteiger partial charge is 0.566 e. The van der Waals surface area contributed by atoms with Gasteiger partial charge in [-0.15, -0.1) is 0 Å². The number of aliphatic hydroxyl groups is 2. The van der Waals surface area contributed by atoms with Gasteiger partial charge in [-0.2, -0.15) is 4.98 Å². The number of hydrogen-bond acceptors (Lipinski definition) is 12. The number of nitrogens with one attached hydrogen (secondary N) is 1. The summed E-state index contributed by atoms with van der Waals surface area (Å²) in [6, 6.07) is 0. The van der Waals surface area contributed by atoms with E-state index in [1.165, 1.54) is 0 Å². The van der Waals surface area contributed by atoms with Crippen LogP contribution in [-0.4, -0.2) is 59.5 Å². The highest BCUT2D eigenvalue weighted by Crippen LogP contribution is 2.50. The molecule has 1 fully saturated rings. The van der Waals surface area contributed by atoms with Crippen LogP contribution in [0.1, 0.15) is 6.23 Å². The molecule has 6 atom stereocenters. The van der Waals surface area contributed by atoms with Crippen LogP contribution in [0.5, 0.6) is 0 Å². The van der Waals surface area contributed by atoms with Crippen LogP contribution in [0.2, 0.25) is 0 Å². The molecule has 0 spiro atoms. The van der Waals surface area contributed by atoms with Gasteiger partial charge in [-0.25, -0.2) is 9.55 Å². The number of ether oxygens (including phenoxy) is 1. The minimum atomic E-state index is -4.94. The number of imidazole rings is 1. The number of rotatable bonds is 6. The van der Waals surface area contributed by atoms with E-state index in [1.807, 2.05) is 0 Å². The molecule has 15 nitrogen and oxygen atoms in total. The van der Waals surface area contributed by atoms with Gasteiger partial charge in [0.2, 0.25) is 5.95 Å². The Hall–Kier alpha value is -1.80. The lowest BCUT2D eigenvalue weighted by atomic mass is 10.1. The molecular formula is C10H13N5O10P2. The molecule has 0 aliphatic carbocycles. The molecule has 1 saturated heterocycles. The third-order valence-corrected chi connectivity index (χ3v) is 5.47. The molecule has 148 valence electrons. The maximum Gasteiger partial charge on any atom is 0.515 e. The van der Waals surface area contributed by atoms with E-state index in [1.54, 1.807) is 0 Å². The molecule has 27 heavy (non-hydrogen) atoms. The van der Waals surface area contributed by atoms with Crippen molar-refractivity contribution in [2.75, 3.05) is 12.3 Å². The average Bonchev–Trinajstić information content (AvgIpc) is 3.07. The molecule has 3 heterocycles. The maximum atomic E-state index is 11.8. The number of H-pyrrole nitrogens is 1. The van der Waals surface area contributed by atoms with E-state index in [9.17, 15) is 33.9 Å². The van der Waals surface area contributed by atoms with E-state index in [0.717, 1.165) is 10.9 Å². The molecule has 1 aliphatic rings. The molecule has 0 bridgehead atoms. The van der Waals surface area contributed by atoms with Gasteiger partial charge in [0.15, 0.2) is 17.4 Å². The second-order valence-electron chi connectivity index (χ2n) is 5.39. The number of nitrogens with two attached hydrogens (primary N) is 1. The summed E-state index contributed by atoms with van der Waals surface area (Å²) in [5.41, 5.74) is 4.71. The molecule has 2 aromatic heterocycles. The Kier molecular flexibility index (Phi) is 5.40. The van der Waals surface area contributed by atoms with Gasteiger partial charge in [0.05, 0.1) is 12.9 Å². The van der Waals surface area contributed by atoms with Gasteiger partial charge < -0.3 is 30.5 Å². The number of phosphoric acid groups is 1. The molecular weight excluding hydrogens is 412 g/mol. The molecule has 3 rings (SSSR count). The Balaban J connectivity index is 1.80. The van der Waals surface area contributed by atoms with E-state index >= 15 is 0 Å². The summed E-state index contributed by atoms with van der Waals surface area (Å²) < 4.78 is 36.4. The lowest BCUT2D eigenvalue weighted by molar-refractivity contribution is -0.179. The summed E-state index contributed by atoms with van der Waals surface area (Å²) in [7, 11) is -8.59. The molecule has 5 unspecified atom stereocenters. The second-order valence-corrected chi connectivity index (χ2v) is 7.69. The van der Waals surface area contributed by atoms with Crippen LogP contribution in [0.4, 0.5) is 5.95 Å². The smallest absolute Gasteiger partial charge is 0.515 e. The van der Waals surface area contributed by atoms with Gasteiger partial charge in [-0.3, -0.25) is 18.9 Å². The van der Waals surface area contributed by atoms with Crippen LogP contribution >= 0.6 is 16.1 Å². The first-order valence-electron chi connectivity index (χ1n) is 7.14. The Morgan fingerprint density at radius 1 is 1.48 bits per heavy atom. The molecule has 6 N–H and O–H groups in total. The van der Waals surface area contributed by atoms with Crippen molar-refractivity contribution >= 4 is 33.2 Å². The first-order valence-corrected chi connectivity index (χ1v) is 9.73. The standard InChI is InChI=1S/C10H13N5O10P2/c11-10-13-7-4(8(18)14-10)12-2-15(7)9-6(17)5(16)3(24-9)1-23-27(21,22)25-26(19)20/h2-3,5-6,9,16-17H,1H2,(H,21,22)(H3,11,13,14,18)/t3?,5?,6-,9?/m0/s1. The van der Waals surface area contributed by atoms with Crippen molar-refractivity contribution in [3.05, 3.63) is 16.7 Å². The van der Waals surface area contributed by atoms with Crippen LogP contribution in [0.25, 0.3) is 11.2 Å². The number of nitrogens with zero attached hydrogens (tertiary/aromatic N) is 3. The number of aromatic amines is 1. The fourth-order valence-corrected chi connectivity index (χ4v) is 3.70. The van der Waals surface area contributed by atoms with Crippen molar-refractivity contribution in [3.63, 3.8) is 0 Å². The van der Waals surface area contributed by atoms with E-state index in [4.69, 9.17) is 10.5 Å². The zero-order valence-corrected chi connectivity index (χ0v) is 14.9. The van der Waals surface area contributed by atoms with Gasteiger partial charge in [0.1, 0.15) is 18.3 Å². The highest BCUT2D eigenvalue weighted by molar-refractivity contribution is 7.55. The summed E-state index contributed by atoms with van der Waals surface area (Å²) in [6.45, 7) is -0.783. The predicted molar refractivity (Wildman–Crippen MR) is 83.0 cm³/mol. The third kappa shape index (κ3) is 4.06. The Labute approximate surface area is 149 Å². The molecule has 17 heteroatoms. The lowest BCUT2D eigenvalue weighted by Crippen LogP contribution is -2.33. The highest BCUT2D eigenvalue weighted by atomic mass is 31.2. The molecule has 0 saturated carbocycles. The quantitative estimate of drug-likeness (QED) is 0.301. The zero-order valence-electron chi connectivity index (χ0n) is 13.1. The molecule has 0 amide bonds. The van der Waals surface area contributed by atoms with Gasteiger partial charge in [-0.1, -0.05) is 0 Å². The molecule has 1 aliphatic heterocycles. The summed E-state index contributed by atoms with van der Waals surface area (Å²) in [6.07, 6.45) is -4.66. The van der Waals surface area contributed by atoms with E-state index in [2.05, 4.69) is 23.8 Å². The van der Waals surface area contributed by atoms with Crippen molar-refractivity contribution in [1.29, 1.82) is 0 Å². The summed E-state index contributed by atoms with van der Waals surface area (Å²) in [5.74, 6) is -0.215. The molecule has 0 aromatic carbocycles. The van der Waals surface area contributed by atoms with Crippen LogP contribution in [0, 0.1) is 0 Å². The van der Waals surface area contributed by atoms with Crippen molar-refractivity contribution in [3.8, 4) is 0 Å². The Morgan fingerprint density at radius 3 is 2.85 bits per heavy atom. The van der Waals surface area contributed by atoms with Crippen molar-refractivity contribution in [2.45, 2.75) is 24.5 Å². The third-order valence-electron chi connectivity index (χ3n) is 3.63. The van der Waals surface area contributed by atoms with Crippen LogP contribution < -0.4 is 16.2 Å². The topological polar surface area (TPSA) is 235 Å². The average molecular weight is 425 g/mol. The van der Waals surface area contributed by atoms with Gasteiger partial charge in [0.25, 0.3) is 5.56 Å². The Bertz CT molecular complexity index is 977. The van der Waals surface area contributed by atoms with Crippen LogP contribution in [-0.2, 0) is 22.7 Å². The van der Waals surface area contributed by atoms with Crippen LogP contribution in [0.3, 0.4) is 0 Å². The predicted octanol–water partition coefficient (Wildman–Crippen LogP) is -2.53.